The fourth-order valence-corrected chi connectivity index (χ4v) is 5.65. The van der Waals surface area contributed by atoms with E-state index in [0.29, 0.717) is 13.0 Å². The highest BCUT2D eigenvalue weighted by Gasteiger charge is 2.35. The van der Waals surface area contributed by atoms with Crippen molar-refractivity contribution in [3.05, 3.63) is 40.4 Å². The number of quaternary nitrogens is 1. The van der Waals surface area contributed by atoms with Gasteiger partial charge in [0, 0.05) is 10.9 Å². The molecule has 1 heterocycles. The number of rotatable bonds is 4. The van der Waals surface area contributed by atoms with Crippen molar-refractivity contribution in [2.45, 2.75) is 25.9 Å². The number of phenolic OH excluding ortho intramolecular Hbond substituents is 1. The molecule has 2 N–H and O–H groups in total. The summed E-state index contributed by atoms with van der Waals surface area (Å²) in [6.07, 6.45) is 0.711. The molecule has 0 spiro atoms. The standard InChI is InChI=1S/C17H20BrNO3S/c1-2-19(14-7-8-23(21,22)11-14)10-16-15-5-4-13(18)9-12(15)3-6-17(16)20/h3-6,9,14,20H,2,7-8,10-11H2,1H3/p+1/t14-/m1/s1. The highest BCUT2D eigenvalue weighted by atomic mass is 79.9. The first-order valence-corrected chi connectivity index (χ1v) is 10.5. The average Bonchev–Trinajstić information content (AvgIpc) is 2.86. The van der Waals surface area contributed by atoms with Crippen LogP contribution in [0.3, 0.4) is 0 Å². The van der Waals surface area contributed by atoms with Crippen LogP contribution in [0.5, 0.6) is 5.75 Å². The van der Waals surface area contributed by atoms with Crippen molar-refractivity contribution < 1.29 is 18.4 Å². The number of phenols is 1. The lowest BCUT2D eigenvalue weighted by molar-refractivity contribution is -0.934. The largest absolute Gasteiger partial charge is 0.507 e. The normalized spacial score (nSPS) is 21.6. The minimum atomic E-state index is -2.89. The van der Waals surface area contributed by atoms with Crippen LogP contribution in [0.4, 0.5) is 0 Å². The molecule has 2 atom stereocenters. The number of halogens is 1. The summed E-state index contributed by atoms with van der Waals surface area (Å²) in [5, 5.41) is 12.4. The Hall–Kier alpha value is -1.11. The molecule has 2 aromatic carbocycles. The van der Waals surface area contributed by atoms with Crippen molar-refractivity contribution in [3.8, 4) is 5.75 Å². The third kappa shape index (κ3) is 3.54. The summed E-state index contributed by atoms with van der Waals surface area (Å²) < 4.78 is 24.5. The van der Waals surface area contributed by atoms with Gasteiger partial charge in [-0.25, -0.2) is 8.42 Å². The molecule has 0 radical (unpaired) electrons. The quantitative estimate of drug-likeness (QED) is 0.826. The van der Waals surface area contributed by atoms with Crippen LogP contribution >= 0.6 is 15.9 Å². The zero-order valence-corrected chi connectivity index (χ0v) is 15.5. The summed E-state index contributed by atoms with van der Waals surface area (Å²) in [5.41, 5.74) is 0.899. The summed E-state index contributed by atoms with van der Waals surface area (Å²) in [4.78, 5) is 1.22. The molecule has 1 unspecified atom stereocenters. The van der Waals surface area contributed by atoms with Gasteiger partial charge in [0.25, 0.3) is 0 Å². The maximum absolute atomic E-state index is 11.8. The molecule has 0 amide bonds. The molecule has 1 saturated heterocycles. The minimum absolute atomic E-state index is 0.120. The molecule has 4 nitrogen and oxygen atoms in total. The molecule has 0 saturated carbocycles. The van der Waals surface area contributed by atoms with E-state index in [9.17, 15) is 13.5 Å². The molecule has 0 aliphatic carbocycles. The number of fused-ring (bicyclic) bond motifs is 1. The smallest absolute Gasteiger partial charge is 0.156 e. The molecule has 23 heavy (non-hydrogen) atoms. The van der Waals surface area contributed by atoms with E-state index < -0.39 is 9.84 Å². The summed E-state index contributed by atoms with van der Waals surface area (Å²) in [6.45, 7) is 3.55. The van der Waals surface area contributed by atoms with Gasteiger partial charge >= 0.3 is 0 Å². The Labute approximate surface area is 145 Å². The molecule has 1 fully saturated rings. The molecule has 124 valence electrons. The highest BCUT2D eigenvalue weighted by Crippen LogP contribution is 2.29. The fraction of sp³-hybridized carbons (Fsp3) is 0.412. The maximum Gasteiger partial charge on any atom is 0.156 e. The summed E-state index contributed by atoms with van der Waals surface area (Å²) in [5.74, 6) is 0.828. The van der Waals surface area contributed by atoms with Gasteiger partial charge in [0.05, 0.1) is 17.9 Å². The Balaban J connectivity index is 1.95. The van der Waals surface area contributed by atoms with Gasteiger partial charge in [-0.3, -0.25) is 0 Å². The SMILES string of the molecule is CC[NH+](Cc1c(O)ccc2cc(Br)ccc12)[C@@H]1CCS(=O)(=O)C1. The van der Waals surface area contributed by atoms with Crippen LogP contribution < -0.4 is 4.90 Å². The maximum atomic E-state index is 11.8. The predicted octanol–water partition coefficient (Wildman–Crippen LogP) is 1.90. The Morgan fingerprint density at radius 3 is 2.74 bits per heavy atom. The van der Waals surface area contributed by atoms with Crippen molar-refractivity contribution in [1.29, 1.82) is 0 Å². The van der Waals surface area contributed by atoms with Crippen molar-refractivity contribution in [3.63, 3.8) is 0 Å². The van der Waals surface area contributed by atoms with Crippen LogP contribution in [0.15, 0.2) is 34.8 Å². The van der Waals surface area contributed by atoms with Gasteiger partial charge in [-0.05, 0) is 35.9 Å². The predicted molar refractivity (Wildman–Crippen MR) is 95.6 cm³/mol. The Kier molecular flexibility index (Phi) is 4.67. The van der Waals surface area contributed by atoms with Gasteiger partial charge in [0.2, 0.25) is 0 Å². The van der Waals surface area contributed by atoms with Gasteiger partial charge in [-0.2, -0.15) is 0 Å². The van der Waals surface area contributed by atoms with Crippen LogP contribution in [-0.2, 0) is 16.4 Å². The summed E-state index contributed by atoms with van der Waals surface area (Å²) >= 11 is 3.47. The lowest BCUT2D eigenvalue weighted by Gasteiger charge is -2.24. The van der Waals surface area contributed by atoms with Crippen LogP contribution in [-0.4, -0.2) is 37.6 Å². The van der Waals surface area contributed by atoms with Gasteiger partial charge < -0.3 is 10.0 Å². The Morgan fingerprint density at radius 1 is 1.30 bits per heavy atom. The average molecular weight is 399 g/mol. The third-order valence-corrected chi connectivity index (χ3v) is 7.00. The second kappa shape index (κ2) is 6.42. The molecular formula is C17H21BrNO3S+. The van der Waals surface area contributed by atoms with E-state index in [4.69, 9.17) is 0 Å². The Morgan fingerprint density at radius 2 is 2.09 bits per heavy atom. The molecule has 0 bridgehead atoms. The zero-order valence-electron chi connectivity index (χ0n) is 13.0. The van der Waals surface area contributed by atoms with E-state index >= 15 is 0 Å². The third-order valence-electron chi connectivity index (χ3n) is 4.74. The fourth-order valence-electron chi connectivity index (χ4n) is 3.44. The van der Waals surface area contributed by atoms with Crippen LogP contribution in [0, 0.1) is 0 Å². The van der Waals surface area contributed by atoms with E-state index in [1.807, 2.05) is 24.3 Å². The van der Waals surface area contributed by atoms with Gasteiger partial charge in [0.1, 0.15) is 24.1 Å². The molecule has 3 rings (SSSR count). The molecule has 6 heteroatoms. The van der Waals surface area contributed by atoms with E-state index in [0.717, 1.165) is 27.4 Å². The number of aromatic hydroxyl groups is 1. The number of hydrogen-bond donors (Lipinski definition) is 2. The van der Waals surface area contributed by atoms with E-state index in [1.165, 1.54) is 4.90 Å². The molecule has 2 aromatic rings. The van der Waals surface area contributed by atoms with Gasteiger partial charge in [-0.15, -0.1) is 0 Å². The highest BCUT2D eigenvalue weighted by molar-refractivity contribution is 9.10. The van der Waals surface area contributed by atoms with Crippen LogP contribution in [0.2, 0.25) is 0 Å². The number of sulfone groups is 1. The second-order valence-corrected chi connectivity index (χ2v) is 9.36. The van der Waals surface area contributed by atoms with E-state index in [1.54, 1.807) is 6.07 Å². The van der Waals surface area contributed by atoms with Crippen molar-refractivity contribution in [2.24, 2.45) is 0 Å². The summed E-state index contributed by atoms with van der Waals surface area (Å²) in [7, 11) is -2.89. The van der Waals surface area contributed by atoms with E-state index in [-0.39, 0.29) is 23.3 Å². The van der Waals surface area contributed by atoms with Crippen LogP contribution in [0.1, 0.15) is 18.9 Å². The van der Waals surface area contributed by atoms with Gasteiger partial charge in [-0.1, -0.05) is 28.1 Å². The number of benzene rings is 2. The monoisotopic (exact) mass is 398 g/mol. The van der Waals surface area contributed by atoms with Gasteiger partial charge in [0.15, 0.2) is 9.84 Å². The molecule has 1 aliphatic heterocycles. The lowest BCUT2D eigenvalue weighted by Crippen LogP contribution is -3.14. The van der Waals surface area contributed by atoms with Crippen molar-refractivity contribution >= 4 is 36.5 Å². The first-order valence-electron chi connectivity index (χ1n) is 7.84. The first-order chi connectivity index (χ1) is 10.9. The first kappa shape index (κ1) is 16.7. The molecule has 1 aliphatic rings. The number of nitrogens with one attached hydrogen (secondary N) is 1. The van der Waals surface area contributed by atoms with Crippen LogP contribution in [0.25, 0.3) is 10.8 Å². The summed E-state index contributed by atoms with van der Waals surface area (Å²) in [6, 6.07) is 9.76. The minimum Gasteiger partial charge on any atom is -0.507 e. The van der Waals surface area contributed by atoms with E-state index in [2.05, 4.69) is 22.9 Å². The lowest BCUT2D eigenvalue weighted by atomic mass is 10.0. The van der Waals surface area contributed by atoms with Crippen molar-refractivity contribution in [1.82, 2.24) is 0 Å². The topological polar surface area (TPSA) is 58.8 Å². The number of hydrogen-bond acceptors (Lipinski definition) is 3. The molecular weight excluding hydrogens is 378 g/mol. The van der Waals surface area contributed by atoms with Crippen molar-refractivity contribution in [2.75, 3.05) is 18.1 Å². The zero-order chi connectivity index (χ0) is 16.6. The molecule has 0 aromatic heterocycles. The second-order valence-electron chi connectivity index (χ2n) is 6.22. The Bertz CT molecular complexity index is 835.